The third-order valence-electron chi connectivity index (χ3n) is 5.01. The van der Waals surface area contributed by atoms with Gasteiger partial charge in [-0.1, -0.05) is 18.2 Å². The van der Waals surface area contributed by atoms with Crippen molar-refractivity contribution in [2.75, 3.05) is 13.1 Å². The summed E-state index contributed by atoms with van der Waals surface area (Å²) in [4.78, 5) is 16.8. The van der Waals surface area contributed by atoms with Gasteiger partial charge in [0.2, 0.25) is 0 Å². The van der Waals surface area contributed by atoms with Crippen LogP contribution in [0.5, 0.6) is 0 Å². The molecule has 1 aliphatic rings. The van der Waals surface area contributed by atoms with Crippen LogP contribution in [0.3, 0.4) is 0 Å². The highest BCUT2D eigenvalue weighted by molar-refractivity contribution is 7.20. The van der Waals surface area contributed by atoms with Gasteiger partial charge in [-0.3, -0.25) is 4.79 Å². The molecule has 5 nitrogen and oxygen atoms in total. The van der Waals surface area contributed by atoms with Crippen LogP contribution < -0.4 is 5.73 Å². The zero-order valence-electron chi connectivity index (χ0n) is 14.9. The highest BCUT2D eigenvalue weighted by Crippen LogP contribution is 2.33. The van der Waals surface area contributed by atoms with Crippen LogP contribution in [0.4, 0.5) is 0 Å². The number of carbonyl (C=O) groups excluding carboxylic acids is 1. The van der Waals surface area contributed by atoms with E-state index in [9.17, 15) is 4.79 Å². The average Bonchev–Trinajstić information content (AvgIpc) is 3.30. The van der Waals surface area contributed by atoms with Gasteiger partial charge in [-0.15, -0.1) is 23.7 Å². The van der Waals surface area contributed by atoms with Crippen molar-refractivity contribution < 1.29 is 4.79 Å². The van der Waals surface area contributed by atoms with Crippen molar-refractivity contribution in [1.82, 2.24) is 14.7 Å². The van der Waals surface area contributed by atoms with Gasteiger partial charge >= 0.3 is 0 Å². The number of carbonyl (C=O) groups is 1. The van der Waals surface area contributed by atoms with Crippen LogP contribution in [0.25, 0.3) is 15.9 Å². The number of likely N-dealkylation sites (tertiary alicyclic amines) is 1. The van der Waals surface area contributed by atoms with Gasteiger partial charge in [0.25, 0.3) is 5.91 Å². The Morgan fingerprint density at radius 2 is 2.08 bits per heavy atom. The molecule has 2 atom stereocenters. The number of rotatable bonds is 3. The first-order valence-electron chi connectivity index (χ1n) is 8.64. The maximum atomic E-state index is 13.0. The van der Waals surface area contributed by atoms with Crippen LogP contribution in [0.2, 0.25) is 0 Å². The second kappa shape index (κ2) is 7.39. The molecule has 1 aliphatic heterocycles. The number of aryl methyl sites for hydroxylation is 1. The average molecular weight is 391 g/mol. The molecule has 7 heteroatoms. The predicted octanol–water partition coefficient (Wildman–Crippen LogP) is 3.63. The zero-order chi connectivity index (χ0) is 17.6. The fourth-order valence-corrected chi connectivity index (χ4v) is 4.77. The Hall–Kier alpha value is -1.89. The molecule has 0 aliphatic carbocycles. The largest absolute Gasteiger partial charge is 0.335 e. The topological polar surface area (TPSA) is 64.2 Å². The number of aromatic nitrogens is 2. The number of thiophene rings is 1. The predicted molar refractivity (Wildman–Crippen MR) is 109 cm³/mol. The Morgan fingerprint density at radius 1 is 1.35 bits per heavy atom. The minimum atomic E-state index is 0. The lowest BCUT2D eigenvalue weighted by molar-refractivity contribution is 0.0748. The molecule has 138 valence electrons. The fraction of sp³-hybridized carbons (Fsp3) is 0.368. The fourth-order valence-electron chi connectivity index (χ4n) is 3.63. The first-order chi connectivity index (χ1) is 12.1. The zero-order valence-corrected chi connectivity index (χ0v) is 16.5. The summed E-state index contributed by atoms with van der Waals surface area (Å²) < 4.78 is 1.93. The molecular weight excluding hydrogens is 368 g/mol. The van der Waals surface area contributed by atoms with Crippen molar-refractivity contribution >= 4 is 39.9 Å². The molecule has 3 aromatic rings. The van der Waals surface area contributed by atoms with E-state index in [-0.39, 0.29) is 24.4 Å². The standard InChI is InChI=1S/C19H22N4OS.ClH/c1-12-8-14(10-20)11-22(12)18(24)17-9-16-13(2)21-23(19(16)25-17)15-6-4-3-5-7-15;/h3-7,9,12,14H,8,10-11,20H2,1-2H3;1H. The van der Waals surface area contributed by atoms with Gasteiger partial charge in [0.1, 0.15) is 4.83 Å². The third kappa shape index (κ3) is 3.13. The SMILES string of the molecule is Cc1nn(-c2ccccc2)c2sc(C(=O)N3CC(CN)CC3C)cc12.Cl. The quantitative estimate of drug-likeness (QED) is 0.742. The molecule has 26 heavy (non-hydrogen) atoms. The smallest absolute Gasteiger partial charge is 0.264 e. The maximum absolute atomic E-state index is 13.0. The van der Waals surface area contributed by atoms with E-state index in [2.05, 4.69) is 12.0 Å². The molecule has 0 radical (unpaired) electrons. The number of hydrogen-bond acceptors (Lipinski definition) is 4. The van der Waals surface area contributed by atoms with Gasteiger partial charge in [-0.2, -0.15) is 5.10 Å². The van der Waals surface area contributed by atoms with E-state index < -0.39 is 0 Å². The lowest BCUT2D eigenvalue weighted by Gasteiger charge is -2.20. The second-order valence-electron chi connectivity index (χ2n) is 6.81. The number of nitrogens with zero attached hydrogens (tertiary/aromatic N) is 3. The Labute approximate surface area is 163 Å². The normalized spacial score (nSPS) is 19.7. The second-order valence-corrected chi connectivity index (χ2v) is 7.84. The van der Waals surface area contributed by atoms with Gasteiger partial charge in [-0.05, 0) is 50.9 Å². The van der Waals surface area contributed by atoms with E-state index in [0.29, 0.717) is 12.5 Å². The van der Waals surface area contributed by atoms with E-state index in [0.717, 1.165) is 39.4 Å². The van der Waals surface area contributed by atoms with Crippen molar-refractivity contribution in [3.05, 3.63) is 47.0 Å². The van der Waals surface area contributed by atoms with Gasteiger partial charge < -0.3 is 10.6 Å². The molecule has 1 amide bonds. The summed E-state index contributed by atoms with van der Waals surface area (Å²) in [6.45, 7) is 5.50. The number of para-hydroxylation sites is 1. The number of halogens is 1. The van der Waals surface area contributed by atoms with Gasteiger partial charge in [0.15, 0.2) is 0 Å². The van der Waals surface area contributed by atoms with Crippen LogP contribution in [-0.4, -0.2) is 39.7 Å². The summed E-state index contributed by atoms with van der Waals surface area (Å²) in [5.74, 6) is 0.526. The lowest BCUT2D eigenvalue weighted by atomic mass is 10.1. The Kier molecular flexibility index (Phi) is 5.37. The monoisotopic (exact) mass is 390 g/mol. The lowest BCUT2D eigenvalue weighted by Crippen LogP contribution is -2.33. The van der Waals surface area contributed by atoms with Crippen molar-refractivity contribution in [3.63, 3.8) is 0 Å². The summed E-state index contributed by atoms with van der Waals surface area (Å²) >= 11 is 1.52. The Balaban J connectivity index is 0.00000196. The van der Waals surface area contributed by atoms with Crippen molar-refractivity contribution in [1.29, 1.82) is 0 Å². The molecule has 2 aromatic heterocycles. The summed E-state index contributed by atoms with van der Waals surface area (Å²) in [6, 6.07) is 12.3. The minimum Gasteiger partial charge on any atom is -0.335 e. The highest BCUT2D eigenvalue weighted by atomic mass is 35.5. The molecule has 1 aromatic carbocycles. The molecular formula is C19H23ClN4OS. The molecule has 0 spiro atoms. The molecule has 4 rings (SSSR count). The summed E-state index contributed by atoms with van der Waals surface area (Å²) in [7, 11) is 0. The number of amides is 1. The summed E-state index contributed by atoms with van der Waals surface area (Å²) in [6.07, 6.45) is 0.990. The van der Waals surface area contributed by atoms with Gasteiger partial charge in [0.05, 0.1) is 16.3 Å². The van der Waals surface area contributed by atoms with Crippen LogP contribution in [0.1, 0.15) is 28.7 Å². The van der Waals surface area contributed by atoms with Crippen LogP contribution >= 0.6 is 23.7 Å². The summed E-state index contributed by atoms with van der Waals surface area (Å²) in [5, 5.41) is 5.70. The summed E-state index contributed by atoms with van der Waals surface area (Å²) in [5.41, 5.74) is 7.76. The molecule has 2 unspecified atom stereocenters. The Bertz CT molecular complexity index is 920. The number of benzene rings is 1. The first kappa shape index (κ1) is 18.9. The van der Waals surface area contributed by atoms with Crippen molar-refractivity contribution in [3.8, 4) is 5.69 Å². The first-order valence-corrected chi connectivity index (χ1v) is 9.45. The van der Waals surface area contributed by atoms with E-state index in [1.165, 1.54) is 11.3 Å². The van der Waals surface area contributed by atoms with Crippen molar-refractivity contribution in [2.24, 2.45) is 11.7 Å². The number of hydrogen-bond donors (Lipinski definition) is 1. The molecule has 1 fully saturated rings. The molecule has 0 saturated carbocycles. The van der Waals surface area contributed by atoms with E-state index >= 15 is 0 Å². The number of nitrogens with two attached hydrogens (primary N) is 1. The highest BCUT2D eigenvalue weighted by Gasteiger charge is 2.33. The minimum absolute atomic E-state index is 0. The molecule has 1 saturated heterocycles. The maximum Gasteiger partial charge on any atom is 0.264 e. The van der Waals surface area contributed by atoms with Gasteiger partial charge in [-0.25, -0.2) is 4.68 Å². The van der Waals surface area contributed by atoms with Crippen LogP contribution in [0, 0.1) is 12.8 Å². The van der Waals surface area contributed by atoms with Gasteiger partial charge in [0, 0.05) is 18.0 Å². The van der Waals surface area contributed by atoms with E-state index in [1.807, 2.05) is 52.9 Å². The van der Waals surface area contributed by atoms with Crippen LogP contribution in [0.15, 0.2) is 36.4 Å². The van der Waals surface area contributed by atoms with E-state index in [1.54, 1.807) is 0 Å². The Morgan fingerprint density at radius 3 is 2.73 bits per heavy atom. The van der Waals surface area contributed by atoms with E-state index in [4.69, 9.17) is 5.73 Å². The molecule has 0 bridgehead atoms. The van der Waals surface area contributed by atoms with Crippen LogP contribution in [-0.2, 0) is 0 Å². The van der Waals surface area contributed by atoms with Crippen molar-refractivity contribution in [2.45, 2.75) is 26.3 Å². The number of fused-ring (bicyclic) bond motifs is 1. The third-order valence-corrected chi connectivity index (χ3v) is 6.11. The molecule has 3 heterocycles. The molecule has 2 N–H and O–H groups in total.